The number of benzene rings is 1. The molecule has 2 rings (SSSR count). The molecule has 28 heavy (non-hydrogen) atoms. The molecule has 0 aliphatic rings. The lowest BCUT2D eigenvalue weighted by Gasteiger charge is -2.22. The molecule has 0 spiro atoms. The molecule has 1 atom stereocenters. The van der Waals surface area contributed by atoms with Gasteiger partial charge < -0.3 is 10.1 Å². The van der Waals surface area contributed by atoms with Gasteiger partial charge in [0.15, 0.2) is 5.13 Å². The summed E-state index contributed by atoms with van der Waals surface area (Å²) < 4.78 is 4.75. The first kappa shape index (κ1) is 22.0. The fourth-order valence-electron chi connectivity index (χ4n) is 3.02. The van der Waals surface area contributed by atoms with Crippen molar-refractivity contribution in [3.8, 4) is 11.3 Å². The van der Waals surface area contributed by atoms with E-state index in [0.717, 1.165) is 11.3 Å². The molecule has 6 nitrogen and oxygen atoms in total. The van der Waals surface area contributed by atoms with Crippen LogP contribution in [0.1, 0.15) is 30.5 Å². The lowest BCUT2D eigenvalue weighted by Crippen LogP contribution is -2.38. The molecule has 2 aromatic rings. The van der Waals surface area contributed by atoms with Gasteiger partial charge in [0.2, 0.25) is 5.91 Å². The number of amides is 1. The SMILES string of the molecule is CCN(CC(=O)Nc1nc(-c2cc(C)c(C)cc2C)cs1)CC(C)C(=O)OC. The molecule has 1 N–H and O–H groups in total. The maximum atomic E-state index is 12.4. The van der Waals surface area contributed by atoms with E-state index in [1.807, 2.05) is 17.2 Å². The molecule has 7 heteroatoms. The number of aromatic nitrogens is 1. The normalized spacial score (nSPS) is 12.1. The predicted molar refractivity (Wildman–Crippen MR) is 114 cm³/mol. The van der Waals surface area contributed by atoms with Gasteiger partial charge in [0.05, 0.1) is 25.3 Å². The van der Waals surface area contributed by atoms with Crippen molar-refractivity contribution in [1.29, 1.82) is 0 Å². The van der Waals surface area contributed by atoms with E-state index in [0.29, 0.717) is 18.2 Å². The largest absolute Gasteiger partial charge is 0.469 e. The van der Waals surface area contributed by atoms with Crippen LogP contribution in [-0.2, 0) is 14.3 Å². The number of likely N-dealkylation sites (N-methyl/N-ethyl adjacent to an activating group) is 1. The van der Waals surface area contributed by atoms with Gasteiger partial charge in [0, 0.05) is 17.5 Å². The molecule has 0 aliphatic carbocycles. The second-order valence-corrected chi connectivity index (χ2v) is 7.95. The van der Waals surface area contributed by atoms with Crippen molar-refractivity contribution in [1.82, 2.24) is 9.88 Å². The number of hydrogen-bond donors (Lipinski definition) is 1. The Hall–Kier alpha value is -2.25. The summed E-state index contributed by atoms with van der Waals surface area (Å²) in [6, 6.07) is 4.29. The van der Waals surface area contributed by atoms with Crippen LogP contribution >= 0.6 is 11.3 Å². The molecule has 1 heterocycles. The van der Waals surface area contributed by atoms with E-state index in [4.69, 9.17) is 4.74 Å². The number of rotatable bonds is 8. The third-order valence-corrected chi connectivity index (χ3v) is 5.57. The summed E-state index contributed by atoms with van der Waals surface area (Å²) in [5.74, 6) is -0.694. The molecule has 1 amide bonds. The zero-order valence-electron chi connectivity index (χ0n) is 17.5. The number of hydrogen-bond acceptors (Lipinski definition) is 6. The lowest BCUT2D eigenvalue weighted by molar-refractivity contribution is -0.145. The molecule has 0 saturated heterocycles. The van der Waals surface area contributed by atoms with Crippen LogP contribution in [0.5, 0.6) is 0 Å². The number of thiazole rings is 1. The number of nitrogens with one attached hydrogen (secondary N) is 1. The first-order valence-electron chi connectivity index (χ1n) is 9.38. The number of carbonyl (C=O) groups is 2. The van der Waals surface area contributed by atoms with E-state index in [1.54, 1.807) is 6.92 Å². The van der Waals surface area contributed by atoms with Gasteiger partial charge in [-0.25, -0.2) is 4.98 Å². The van der Waals surface area contributed by atoms with Gasteiger partial charge in [-0.05, 0) is 50.1 Å². The van der Waals surface area contributed by atoms with Crippen LogP contribution in [0.2, 0.25) is 0 Å². The number of methoxy groups -OCH3 is 1. The van der Waals surface area contributed by atoms with Gasteiger partial charge in [0.1, 0.15) is 0 Å². The summed E-state index contributed by atoms with van der Waals surface area (Å²) in [4.78, 5) is 30.5. The molecular formula is C21H29N3O3S. The Morgan fingerprint density at radius 1 is 1.21 bits per heavy atom. The average molecular weight is 404 g/mol. The van der Waals surface area contributed by atoms with Crippen LogP contribution in [0.4, 0.5) is 5.13 Å². The monoisotopic (exact) mass is 403 g/mol. The van der Waals surface area contributed by atoms with Gasteiger partial charge >= 0.3 is 5.97 Å². The topological polar surface area (TPSA) is 71.5 Å². The second kappa shape index (κ2) is 9.80. The summed E-state index contributed by atoms with van der Waals surface area (Å²) in [5.41, 5.74) is 5.60. The third-order valence-electron chi connectivity index (χ3n) is 4.82. The Kier molecular flexibility index (Phi) is 7.71. The third kappa shape index (κ3) is 5.62. The highest BCUT2D eigenvalue weighted by Crippen LogP contribution is 2.29. The molecule has 0 radical (unpaired) electrons. The highest BCUT2D eigenvalue weighted by Gasteiger charge is 2.19. The first-order chi connectivity index (χ1) is 13.2. The minimum absolute atomic E-state index is 0.142. The lowest BCUT2D eigenvalue weighted by atomic mass is 9.99. The zero-order valence-corrected chi connectivity index (χ0v) is 18.3. The van der Waals surface area contributed by atoms with Crippen LogP contribution < -0.4 is 5.32 Å². The highest BCUT2D eigenvalue weighted by atomic mass is 32.1. The van der Waals surface area contributed by atoms with Crippen molar-refractivity contribution in [3.63, 3.8) is 0 Å². The molecular weight excluding hydrogens is 374 g/mol. The summed E-state index contributed by atoms with van der Waals surface area (Å²) in [7, 11) is 1.37. The van der Waals surface area contributed by atoms with Crippen molar-refractivity contribution < 1.29 is 14.3 Å². The smallest absolute Gasteiger partial charge is 0.309 e. The molecule has 0 bridgehead atoms. The number of esters is 1. The molecule has 0 fully saturated rings. The fraction of sp³-hybridized carbons (Fsp3) is 0.476. The van der Waals surface area contributed by atoms with Gasteiger partial charge in [-0.3, -0.25) is 14.5 Å². The Morgan fingerprint density at radius 2 is 1.89 bits per heavy atom. The highest BCUT2D eigenvalue weighted by molar-refractivity contribution is 7.14. The summed E-state index contributed by atoms with van der Waals surface area (Å²) in [5, 5.41) is 5.41. The standard InChI is InChI=1S/C21H29N3O3S/c1-7-24(10-16(5)20(26)27-6)11-19(25)23-21-22-18(12-28-21)17-9-14(3)13(2)8-15(17)4/h8-9,12,16H,7,10-11H2,1-6H3,(H,22,23,25). The Balaban J connectivity index is 2.02. The summed E-state index contributed by atoms with van der Waals surface area (Å²) >= 11 is 1.41. The van der Waals surface area contributed by atoms with Crippen LogP contribution in [0.15, 0.2) is 17.5 Å². The van der Waals surface area contributed by atoms with Gasteiger partial charge in [-0.1, -0.05) is 19.9 Å². The Labute approximate surface area is 170 Å². The van der Waals surface area contributed by atoms with Gasteiger partial charge in [0.25, 0.3) is 0 Å². The van der Waals surface area contributed by atoms with Crippen molar-refractivity contribution in [2.75, 3.05) is 32.1 Å². The molecule has 152 valence electrons. The number of carbonyl (C=O) groups excluding carboxylic acids is 2. The summed E-state index contributed by atoms with van der Waals surface area (Å²) in [6.45, 7) is 11.4. The molecule has 1 unspecified atom stereocenters. The predicted octanol–water partition coefficient (Wildman–Crippen LogP) is 3.80. The minimum Gasteiger partial charge on any atom is -0.469 e. The van der Waals surface area contributed by atoms with Gasteiger partial charge in [-0.15, -0.1) is 11.3 Å². The van der Waals surface area contributed by atoms with Crippen molar-refractivity contribution in [2.24, 2.45) is 5.92 Å². The van der Waals surface area contributed by atoms with E-state index in [-0.39, 0.29) is 24.3 Å². The maximum Gasteiger partial charge on any atom is 0.309 e. The molecule has 0 saturated carbocycles. The first-order valence-corrected chi connectivity index (χ1v) is 10.3. The summed E-state index contributed by atoms with van der Waals surface area (Å²) in [6.07, 6.45) is 0. The number of ether oxygens (including phenoxy) is 1. The van der Waals surface area contributed by atoms with E-state index >= 15 is 0 Å². The number of aryl methyl sites for hydroxylation is 3. The maximum absolute atomic E-state index is 12.4. The van der Waals surface area contributed by atoms with Crippen LogP contribution in [0, 0.1) is 26.7 Å². The van der Waals surface area contributed by atoms with E-state index < -0.39 is 0 Å². The van der Waals surface area contributed by atoms with E-state index in [2.05, 4.69) is 43.2 Å². The van der Waals surface area contributed by atoms with Crippen LogP contribution in [0.25, 0.3) is 11.3 Å². The number of nitrogens with zero attached hydrogens (tertiary/aromatic N) is 2. The van der Waals surface area contributed by atoms with E-state index in [9.17, 15) is 9.59 Å². The van der Waals surface area contributed by atoms with E-state index in [1.165, 1.54) is 35.1 Å². The van der Waals surface area contributed by atoms with Crippen LogP contribution in [0.3, 0.4) is 0 Å². The van der Waals surface area contributed by atoms with Crippen LogP contribution in [-0.4, -0.2) is 48.5 Å². The van der Waals surface area contributed by atoms with Crippen molar-refractivity contribution in [2.45, 2.75) is 34.6 Å². The quantitative estimate of drug-likeness (QED) is 0.679. The molecule has 1 aromatic carbocycles. The van der Waals surface area contributed by atoms with Crippen molar-refractivity contribution in [3.05, 3.63) is 34.2 Å². The average Bonchev–Trinajstić information content (AvgIpc) is 3.11. The second-order valence-electron chi connectivity index (χ2n) is 7.09. The Morgan fingerprint density at radius 3 is 2.54 bits per heavy atom. The molecule has 1 aromatic heterocycles. The fourth-order valence-corrected chi connectivity index (χ4v) is 3.75. The minimum atomic E-state index is -0.281. The molecule has 0 aliphatic heterocycles. The Bertz CT molecular complexity index is 847. The number of anilines is 1. The van der Waals surface area contributed by atoms with Crippen molar-refractivity contribution >= 4 is 28.3 Å². The zero-order chi connectivity index (χ0) is 20.8. The van der Waals surface area contributed by atoms with Gasteiger partial charge in [-0.2, -0.15) is 0 Å².